The fourth-order valence-corrected chi connectivity index (χ4v) is 1.55. The van der Waals surface area contributed by atoms with Gasteiger partial charge in [0.15, 0.2) is 0 Å². The van der Waals surface area contributed by atoms with Crippen molar-refractivity contribution in [3.63, 3.8) is 0 Å². The van der Waals surface area contributed by atoms with E-state index in [0.29, 0.717) is 12.2 Å². The normalized spacial score (nSPS) is 14.1. The molecule has 3 N–H and O–H groups in total. The molecule has 1 aromatic rings. The van der Waals surface area contributed by atoms with E-state index >= 15 is 0 Å². The number of nitrogens with one attached hydrogen (secondary N) is 1. The summed E-state index contributed by atoms with van der Waals surface area (Å²) >= 11 is 0. The molecule has 0 radical (unpaired) electrons. The molecule has 0 saturated heterocycles. The standard InChI is InChI=1S/C10H18F3N5O/c1-7(2)18-9(15-6-16-18)3-8(17-14)4-19-5-10(11,12)13/h6-8,17H,3-5,14H2,1-2H3. The highest BCUT2D eigenvalue weighted by Gasteiger charge is 2.28. The van der Waals surface area contributed by atoms with Gasteiger partial charge in [-0.3, -0.25) is 11.3 Å². The summed E-state index contributed by atoms with van der Waals surface area (Å²) in [5.74, 6) is 5.94. The molecule has 0 spiro atoms. The minimum Gasteiger partial charge on any atom is -0.370 e. The summed E-state index contributed by atoms with van der Waals surface area (Å²) in [6.45, 7) is 2.43. The molecule has 19 heavy (non-hydrogen) atoms. The van der Waals surface area contributed by atoms with Crippen molar-refractivity contribution < 1.29 is 17.9 Å². The van der Waals surface area contributed by atoms with Crippen molar-refractivity contribution in [1.82, 2.24) is 20.2 Å². The van der Waals surface area contributed by atoms with Gasteiger partial charge in [-0.15, -0.1) is 0 Å². The number of nitrogens with two attached hydrogens (primary N) is 1. The maximum Gasteiger partial charge on any atom is 0.411 e. The highest BCUT2D eigenvalue weighted by molar-refractivity contribution is 4.90. The molecule has 0 aliphatic carbocycles. The van der Waals surface area contributed by atoms with E-state index in [1.54, 1.807) is 4.68 Å². The number of nitrogens with zero attached hydrogens (tertiary/aromatic N) is 3. The molecule has 1 heterocycles. The average Bonchev–Trinajstić information content (AvgIpc) is 2.74. The first-order valence-corrected chi connectivity index (χ1v) is 5.82. The van der Waals surface area contributed by atoms with E-state index in [1.807, 2.05) is 13.8 Å². The van der Waals surface area contributed by atoms with Gasteiger partial charge >= 0.3 is 6.18 Å². The van der Waals surface area contributed by atoms with Gasteiger partial charge in [0.25, 0.3) is 0 Å². The lowest BCUT2D eigenvalue weighted by Crippen LogP contribution is -2.41. The molecule has 0 saturated carbocycles. The molecule has 6 nitrogen and oxygen atoms in total. The van der Waals surface area contributed by atoms with Crippen molar-refractivity contribution in [2.75, 3.05) is 13.2 Å². The molecule has 0 aliphatic heterocycles. The van der Waals surface area contributed by atoms with Crippen LogP contribution in [0.2, 0.25) is 0 Å². The third kappa shape index (κ3) is 5.53. The lowest BCUT2D eigenvalue weighted by atomic mass is 10.2. The van der Waals surface area contributed by atoms with Gasteiger partial charge in [-0.05, 0) is 13.8 Å². The van der Waals surface area contributed by atoms with E-state index in [9.17, 15) is 13.2 Å². The summed E-state index contributed by atoms with van der Waals surface area (Å²) < 4.78 is 42.1. The maximum atomic E-state index is 12.0. The van der Waals surface area contributed by atoms with Gasteiger partial charge in [0, 0.05) is 12.5 Å². The zero-order chi connectivity index (χ0) is 14.5. The number of halogens is 3. The number of hydrogen-bond donors (Lipinski definition) is 2. The minimum absolute atomic E-state index is 0.118. The summed E-state index contributed by atoms with van der Waals surface area (Å²) in [4.78, 5) is 4.06. The molecule has 9 heteroatoms. The molecule has 0 bridgehead atoms. The van der Waals surface area contributed by atoms with Gasteiger partial charge in [-0.25, -0.2) is 9.67 Å². The first-order valence-electron chi connectivity index (χ1n) is 5.82. The Morgan fingerprint density at radius 3 is 2.68 bits per heavy atom. The van der Waals surface area contributed by atoms with Gasteiger partial charge in [-0.1, -0.05) is 0 Å². The second-order valence-electron chi connectivity index (χ2n) is 4.41. The SMILES string of the molecule is CC(C)n1ncnc1CC(COCC(F)(F)F)NN. The van der Waals surface area contributed by atoms with Crippen LogP contribution in [0.3, 0.4) is 0 Å². The summed E-state index contributed by atoms with van der Waals surface area (Å²) in [5.41, 5.74) is 2.42. The summed E-state index contributed by atoms with van der Waals surface area (Å²) in [5, 5.41) is 4.04. The summed E-state index contributed by atoms with van der Waals surface area (Å²) in [6, 6.07) is -0.337. The second-order valence-corrected chi connectivity index (χ2v) is 4.41. The number of alkyl halides is 3. The van der Waals surface area contributed by atoms with E-state index in [4.69, 9.17) is 5.84 Å². The van der Waals surface area contributed by atoms with Gasteiger partial charge in [0.05, 0.1) is 12.6 Å². The molecule has 0 amide bonds. The number of hydrogen-bond acceptors (Lipinski definition) is 5. The molecule has 0 fully saturated rings. The monoisotopic (exact) mass is 281 g/mol. The first-order chi connectivity index (χ1) is 8.83. The van der Waals surface area contributed by atoms with E-state index < -0.39 is 18.8 Å². The summed E-state index contributed by atoms with van der Waals surface area (Å²) in [6.07, 6.45) is -2.59. The van der Waals surface area contributed by atoms with Gasteiger partial charge in [0.2, 0.25) is 0 Å². The molecular formula is C10H18F3N5O. The van der Waals surface area contributed by atoms with Crippen LogP contribution in [0.1, 0.15) is 25.7 Å². The Balaban J connectivity index is 2.50. The van der Waals surface area contributed by atoms with E-state index in [2.05, 4.69) is 20.2 Å². The quantitative estimate of drug-likeness (QED) is 0.571. The minimum atomic E-state index is -4.34. The highest BCUT2D eigenvalue weighted by atomic mass is 19.4. The number of rotatable bonds is 7. The Morgan fingerprint density at radius 1 is 1.47 bits per heavy atom. The van der Waals surface area contributed by atoms with Crippen LogP contribution in [0.4, 0.5) is 13.2 Å². The van der Waals surface area contributed by atoms with Crippen LogP contribution in [0, 0.1) is 0 Å². The number of aromatic nitrogens is 3. The van der Waals surface area contributed by atoms with E-state index in [0.717, 1.165) is 0 Å². The highest BCUT2D eigenvalue weighted by Crippen LogP contribution is 2.15. The largest absolute Gasteiger partial charge is 0.411 e. The topological polar surface area (TPSA) is 78.0 Å². The van der Waals surface area contributed by atoms with Crippen LogP contribution >= 0.6 is 0 Å². The van der Waals surface area contributed by atoms with Gasteiger partial charge in [-0.2, -0.15) is 18.3 Å². The van der Waals surface area contributed by atoms with E-state index in [-0.39, 0.29) is 12.6 Å². The third-order valence-corrected chi connectivity index (χ3v) is 2.39. The number of hydrazine groups is 1. The van der Waals surface area contributed by atoms with Gasteiger partial charge < -0.3 is 4.74 Å². The Labute approximate surface area is 109 Å². The summed E-state index contributed by atoms with van der Waals surface area (Å²) in [7, 11) is 0. The Bertz CT molecular complexity index is 379. The molecule has 1 unspecified atom stereocenters. The van der Waals surface area contributed by atoms with Crippen molar-refractivity contribution in [1.29, 1.82) is 0 Å². The predicted molar refractivity (Wildman–Crippen MR) is 62.1 cm³/mol. The Kier molecular flexibility index (Phi) is 5.70. The predicted octanol–water partition coefficient (Wildman–Crippen LogP) is 0.812. The van der Waals surface area contributed by atoms with Crippen LogP contribution in [-0.4, -0.2) is 40.2 Å². The van der Waals surface area contributed by atoms with Crippen LogP contribution in [0.15, 0.2) is 6.33 Å². The lowest BCUT2D eigenvalue weighted by molar-refractivity contribution is -0.175. The van der Waals surface area contributed by atoms with E-state index in [1.165, 1.54) is 6.33 Å². The van der Waals surface area contributed by atoms with Crippen molar-refractivity contribution in [2.24, 2.45) is 5.84 Å². The van der Waals surface area contributed by atoms with Crippen molar-refractivity contribution in [2.45, 2.75) is 38.5 Å². The zero-order valence-corrected chi connectivity index (χ0v) is 10.8. The van der Waals surface area contributed by atoms with Crippen molar-refractivity contribution in [3.8, 4) is 0 Å². The third-order valence-electron chi connectivity index (χ3n) is 2.39. The fourth-order valence-electron chi connectivity index (χ4n) is 1.55. The number of ether oxygens (including phenoxy) is 1. The average molecular weight is 281 g/mol. The molecule has 110 valence electrons. The van der Waals surface area contributed by atoms with Crippen LogP contribution in [0.25, 0.3) is 0 Å². The Morgan fingerprint density at radius 2 is 2.16 bits per heavy atom. The smallest absolute Gasteiger partial charge is 0.370 e. The fraction of sp³-hybridized carbons (Fsp3) is 0.800. The molecule has 1 aromatic heterocycles. The van der Waals surface area contributed by atoms with Crippen molar-refractivity contribution >= 4 is 0 Å². The van der Waals surface area contributed by atoms with Crippen LogP contribution in [0.5, 0.6) is 0 Å². The van der Waals surface area contributed by atoms with Crippen molar-refractivity contribution in [3.05, 3.63) is 12.2 Å². The maximum absolute atomic E-state index is 12.0. The Hall–Kier alpha value is -1.19. The lowest BCUT2D eigenvalue weighted by Gasteiger charge is -2.17. The molecule has 1 rings (SSSR count). The van der Waals surface area contributed by atoms with Crippen LogP contribution < -0.4 is 11.3 Å². The first kappa shape index (κ1) is 15.9. The molecule has 0 aliphatic rings. The molecule has 1 atom stereocenters. The second kappa shape index (κ2) is 6.83. The molecular weight excluding hydrogens is 263 g/mol. The zero-order valence-electron chi connectivity index (χ0n) is 10.8. The molecule has 0 aromatic carbocycles. The van der Waals surface area contributed by atoms with Crippen LogP contribution in [-0.2, 0) is 11.2 Å². The van der Waals surface area contributed by atoms with Gasteiger partial charge in [0.1, 0.15) is 18.8 Å².